The fourth-order valence-electron chi connectivity index (χ4n) is 5.63. The van der Waals surface area contributed by atoms with Crippen LogP contribution < -0.4 is 4.74 Å². The molecular weight excluding hydrogens is 444 g/mol. The molecule has 0 atom stereocenters. The summed E-state index contributed by atoms with van der Waals surface area (Å²) < 4.78 is 17.8. The lowest BCUT2D eigenvalue weighted by Gasteiger charge is -2.39. The molecule has 0 N–H and O–H groups in total. The van der Waals surface area contributed by atoms with Crippen LogP contribution in [-0.4, -0.2) is 13.2 Å². The summed E-state index contributed by atoms with van der Waals surface area (Å²) in [6.45, 7) is 1.42. The predicted octanol–water partition coefficient (Wildman–Crippen LogP) is 6.46. The summed E-state index contributed by atoms with van der Waals surface area (Å²) in [5.74, 6) is 6.72. The van der Waals surface area contributed by atoms with Crippen LogP contribution in [0.3, 0.4) is 0 Å². The van der Waals surface area contributed by atoms with Crippen molar-refractivity contribution in [3.63, 3.8) is 0 Å². The maximum absolute atomic E-state index is 6.55. The summed E-state index contributed by atoms with van der Waals surface area (Å²) in [6, 6.07) is 30.0. The third-order valence-corrected chi connectivity index (χ3v) is 6.98. The van der Waals surface area contributed by atoms with Gasteiger partial charge in [0.2, 0.25) is 0 Å². The number of hydrogen-bond donors (Lipinski definition) is 0. The molecule has 4 aromatic rings. The Labute approximate surface area is 211 Å². The van der Waals surface area contributed by atoms with Gasteiger partial charge < -0.3 is 14.2 Å². The molecule has 3 heteroatoms. The van der Waals surface area contributed by atoms with E-state index >= 15 is 0 Å². The van der Waals surface area contributed by atoms with E-state index in [1.807, 2.05) is 12.1 Å². The standard InChI is InChI=1S/C33H24O3/c1-3-17-34-21-23-14-16-31-30(19-23)33(29-15-13-24(20-32(29)36-31)22-35-18-4-2)27-11-7-5-9-25(27)26-10-6-8-12-28(26)33/h1-2,5-16,19-20H,17-18,21-22H2. The van der Waals surface area contributed by atoms with Crippen molar-refractivity contribution in [1.29, 1.82) is 0 Å². The fourth-order valence-corrected chi connectivity index (χ4v) is 5.63. The average Bonchev–Trinajstić information content (AvgIpc) is 3.21. The van der Waals surface area contributed by atoms with Crippen LogP contribution in [0, 0.1) is 24.7 Å². The normalized spacial score (nSPS) is 13.5. The quantitative estimate of drug-likeness (QED) is 0.208. The highest BCUT2D eigenvalue weighted by molar-refractivity contribution is 5.88. The van der Waals surface area contributed by atoms with Crippen LogP contribution in [0.1, 0.15) is 33.4 Å². The molecule has 0 aromatic heterocycles. The minimum Gasteiger partial charge on any atom is -0.457 e. The van der Waals surface area contributed by atoms with Crippen molar-refractivity contribution < 1.29 is 14.2 Å². The number of ether oxygens (including phenoxy) is 3. The first-order chi connectivity index (χ1) is 17.8. The highest BCUT2D eigenvalue weighted by Crippen LogP contribution is 2.62. The number of benzene rings is 4. The van der Waals surface area contributed by atoms with Crippen LogP contribution in [0.25, 0.3) is 11.1 Å². The topological polar surface area (TPSA) is 27.7 Å². The molecule has 1 aliphatic heterocycles. The number of rotatable bonds is 6. The Balaban J connectivity index is 1.60. The molecule has 4 aromatic carbocycles. The third kappa shape index (κ3) is 3.34. The zero-order valence-corrected chi connectivity index (χ0v) is 19.8. The van der Waals surface area contributed by atoms with E-state index in [4.69, 9.17) is 27.1 Å². The lowest BCUT2D eigenvalue weighted by atomic mass is 9.66. The van der Waals surface area contributed by atoms with E-state index in [-0.39, 0.29) is 13.2 Å². The van der Waals surface area contributed by atoms with Crippen LogP contribution >= 0.6 is 0 Å². The molecule has 1 spiro atoms. The zero-order chi connectivity index (χ0) is 24.5. The van der Waals surface area contributed by atoms with E-state index < -0.39 is 5.41 Å². The molecule has 174 valence electrons. The van der Waals surface area contributed by atoms with E-state index in [2.05, 4.69) is 84.6 Å². The van der Waals surface area contributed by atoms with Crippen LogP contribution in [-0.2, 0) is 28.1 Å². The van der Waals surface area contributed by atoms with E-state index in [1.54, 1.807) is 0 Å². The second-order valence-electron chi connectivity index (χ2n) is 9.00. The number of fused-ring (bicyclic) bond motifs is 9. The molecule has 0 saturated carbocycles. The van der Waals surface area contributed by atoms with Gasteiger partial charge >= 0.3 is 0 Å². The van der Waals surface area contributed by atoms with E-state index in [9.17, 15) is 0 Å². The van der Waals surface area contributed by atoms with Crippen molar-refractivity contribution in [2.45, 2.75) is 18.6 Å². The first kappa shape index (κ1) is 22.2. The van der Waals surface area contributed by atoms with Gasteiger partial charge in [-0.2, -0.15) is 0 Å². The van der Waals surface area contributed by atoms with Crippen LogP contribution in [0.5, 0.6) is 11.5 Å². The molecule has 0 fully saturated rings. The summed E-state index contributed by atoms with van der Waals surface area (Å²) in [7, 11) is 0. The van der Waals surface area contributed by atoms with Crippen LogP contribution in [0.2, 0.25) is 0 Å². The lowest BCUT2D eigenvalue weighted by molar-refractivity contribution is 0.153. The summed E-state index contributed by atoms with van der Waals surface area (Å²) in [4.78, 5) is 0. The highest BCUT2D eigenvalue weighted by atomic mass is 16.5. The van der Waals surface area contributed by atoms with Gasteiger partial charge in [-0.05, 0) is 51.6 Å². The molecule has 0 radical (unpaired) electrons. The largest absolute Gasteiger partial charge is 0.457 e. The predicted molar refractivity (Wildman–Crippen MR) is 141 cm³/mol. The lowest BCUT2D eigenvalue weighted by Crippen LogP contribution is -2.32. The second-order valence-corrected chi connectivity index (χ2v) is 9.00. The third-order valence-electron chi connectivity index (χ3n) is 6.98. The van der Waals surface area contributed by atoms with Crippen molar-refractivity contribution in [3.05, 3.63) is 118 Å². The number of terminal acetylenes is 2. The molecule has 1 aliphatic carbocycles. The Morgan fingerprint density at radius 2 is 1.19 bits per heavy atom. The molecule has 6 rings (SSSR count). The van der Waals surface area contributed by atoms with Crippen LogP contribution in [0.15, 0.2) is 84.9 Å². The van der Waals surface area contributed by atoms with Crippen molar-refractivity contribution in [1.82, 2.24) is 0 Å². The average molecular weight is 469 g/mol. The molecular formula is C33H24O3. The first-order valence-corrected chi connectivity index (χ1v) is 11.9. The van der Waals surface area contributed by atoms with Gasteiger partial charge in [-0.3, -0.25) is 0 Å². The second kappa shape index (κ2) is 9.06. The molecule has 2 aliphatic rings. The van der Waals surface area contributed by atoms with E-state index in [0.29, 0.717) is 13.2 Å². The van der Waals surface area contributed by atoms with Crippen molar-refractivity contribution in [3.8, 4) is 47.3 Å². The summed E-state index contributed by atoms with van der Waals surface area (Å²) in [5.41, 5.74) is 8.73. The van der Waals surface area contributed by atoms with Gasteiger partial charge in [0.05, 0.1) is 18.6 Å². The monoisotopic (exact) mass is 468 g/mol. The Hall–Kier alpha value is -4.28. The smallest absolute Gasteiger partial charge is 0.132 e. The molecule has 1 heterocycles. The Morgan fingerprint density at radius 1 is 0.611 bits per heavy atom. The molecule has 3 nitrogen and oxygen atoms in total. The Morgan fingerprint density at radius 3 is 1.83 bits per heavy atom. The molecule has 0 unspecified atom stereocenters. The molecule has 0 saturated heterocycles. The van der Waals surface area contributed by atoms with E-state index in [1.165, 1.54) is 22.3 Å². The fraction of sp³-hybridized carbons (Fsp3) is 0.152. The summed E-state index contributed by atoms with van der Waals surface area (Å²) in [5, 5.41) is 0. The summed E-state index contributed by atoms with van der Waals surface area (Å²) >= 11 is 0. The maximum Gasteiger partial charge on any atom is 0.132 e. The SMILES string of the molecule is C#CCOCc1ccc2c(c1)Oc1ccc(COCC#C)cc1C21c2ccccc2-c2ccccc21. The molecule has 36 heavy (non-hydrogen) atoms. The minimum atomic E-state index is -0.517. The first-order valence-electron chi connectivity index (χ1n) is 11.9. The van der Waals surface area contributed by atoms with Crippen molar-refractivity contribution in [2.24, 2.45) is 0 Å². The van der Waals surface area contributed by atoms with Gasteiger partial charge in [0.1, 0.15) is 24.7 Å². The zero-order valence-electron chi connectivity index (χ0n) is 19.8. The van der Waals surface area contributed by atoms with Crippen LogP contribution in [0.4, 0.5) is 0 Å². The highest BCUT2D eigenvalue weighted by Gasteiger charge is 2.51. The van der Waals surface area contributed by atoms with Crippen molar-refractivity contribution in [2.75, 3.05) is 13.2 Å². The summed E-state index contributed by atoms with van der Waals surface area (Å²) in [6.07, 6.45) is 10.8. The van der Waals surface area contributed by atoms with Gasteiger partial charge in [-0.1, -0.05) is 78.6 Å². The van der Waals surface area contributed by atoms with Crippen molar-refractivity contribution >= 4 is 0 Å². The van der Waals surface area contributed by atoms with Gasteiger partial charge in [0.25, 0.3) is 0 Å². The number of hydrogen-bond acceptors (Lipinski definition) is 3. The maximum atomic E-state index is 6.55. The Bertz CT molecular complexity index is 1500. The van der Waals surface area contributed by atoms with Gasteiger partial charge in [-0.15, -0.1) is 12.8 Å². The molecule has 0 bridgehead atoms. The Kier molecular flexibility index (Phi) is 5.59. The van der Waals surface area contributed by atoms with E-state index in [0.717, 1.165) is 33.8 Å². The van der Waals surface area contributed by atoms with Gasteiger partial charge in [0, 0.05) is 11.1 Å². The molecule has 0 amide bonds. The minimum absolute atomic E-state index is 0.274. The van der Waals surface area contributed by atoms with Gasteiger partial charge in [0.15, 0.2) is 0 Å². The van der Waals surface area contributed by atoms with Gasteiger partial charge in [-0.25, -0.2) is 0 Å².